The molecule has 0 amide bonds. The molecule has 142 valence electrons. The van der Waals surface area contributed by atoms with E-state index in [1.165, 1.54) is 32.4 Å². The molecule has 30 heavy (non-hydrogen) atoms. The predicted molar refractivity (Wildman–Crippen MR) is 124 cm³/mol. The van der Waals surface area contributed by atoms with Crippen molar-refractivity contribution in [3.8, 4) is 11.1 Å². The van der Waals surface area contributed by atoms with Gasteiger partial charge in [0.25, 0.3) is 0 Å². The number of nitrogens with zero attached hydrogens (tertiary/aromatic N) is 3. The molecular weight excluding hydrogens is 386 g/mol. The summed E-state index contributed by atoms with van der Waals surface area (Å²) >= 11 is 1.97. The summed E-state index contributed by atoms with van der Waals surface area (Å²) in [4.78, 5) is 10.6. The second kappa shape index (κ2) is 6.07. The number of benzene rings is 2. The van der Waals surface area contributed by atoms with Crippen LogP contribution in [0.5, 0.6) is 0 Å². The fourth-order valence-electron chi connectivity index (χ4n) is 4.81. The molecule has 0 saturated carbocycles. The lowest BCUT2D eigenvalue weighted by molar-refractivity contribution is 0.881. The fraction of sp³-hybridized carbons (Fsp3) is 0.0769. The Morgan fingerprint density at radius 2 is 1.83 bits per heavy atom. The normalized spacial score (nSPS) is 19.6. The summed E-state index contributed by atoms with van der Waals surface area (Å²) in [6, 6.07) is 17.5. The van der Waals surface area contributed by atoms with E-state index < -0.39 is 0 Å². The summed E-state index contributed by atoms with van der Waals surface area (Å²) in [5.41, 5.74) is 6.91. The number of allylic oxidation sites excluding steroid dienone is 3. The van der Waals surface area contributed by atoms with Crippen LogP contribution in [0.3, 0.4) is 0 Å². The fourth-order valence-corrected chi connectivity index (χ4v) is 6.14. The van der Waals surface area contributed by atoms with Gasteiger partial charge in [0.2, 0.25) is 0 Å². The number of fused-ring (bicyclic) bond motifs is 8. The first-order valence-corrected chi connectivity index (χ1v) is 11.0. The van der Waals surface area contributed by atoms with Gasteiger partial charge in [-0.1, -0.05) is 54.6 Å². The number of rotatable bonds is 1. The molecule has 0 N–H and O–H groups in total. The first-order valence-electron chi connectivity index (χ1n) is 10.2. The van der Waals surface area contributed by atoms with Crippen LogP contribution in [0, 0.1) is 0 Å². The molecular formula is C26H17N3S. The number of aromatic nitrogens is 3. The standard InChI is InChI=1S/C26H17N3S/c1-2-7-19-17(5-1)21(15-29-23-14-27-12-11-22(23)28-26(19)29)16-9-10-25-20(13-16)18-6-3-4-8-24(18)30-25/h1-15,18,24H. The number of hydrogen-bond donors (Lipinski definition) is 0. The van der Waals surface area contributed by atoms with E-state index in [2.05, 4.69) is 82.4 Å². The number of imidazole rings is 1. The van der Waals surface area contributed by atoms with Crippen molar-refractivity contribution in [2.24, 2.45) is 0 Å². The Labute approximate surface area is 177 Å². The summed E-state index contributed by atoms with van der Waals surface area (Å²) in [6.45, 7) is 0. The van der Waals surface area contributed by atoms with Crippen LogP contribution in [-0.2, 0) is 0 Å². The molecule has 0 fully saturated rings. The van der Waals surface area contributed by atoms with Crippen LogP contribution in [0.2, 0.25) is 0 Å². The number of hydrogen-bond acceptors (Lipinski definition) is 3. The molecule has 4 heteroatoms. The average Bonchev–Trinajstić information content (AvgIpc) is 3.36. The van der Waals surface area contributed by atoms with Crippen molar-refractivity contribution in [2.75, 3.05) is 0 Å². The van der Waals surface area contributed by atoms with Crippen LogP contribution < -0.4 is 0 Å². The van der Waals surface area contributed by atoms with Crippen molar-refractivity contribution in [3.63, 3.8) is 0 Å². The van der Waals surface area contributed by atoms with Crippen LogP contribution in [-0.4, -0.2) is 19.6 Å². The Morgan fingerprint density at radius 3 is 2.80 bits per heavy atom. The van der Waals surface area contributed by atoms with Gasteiger partial charge in [-0.15, -0.1) is 11.8 Å². The third-order valence-corrected chi connectivity index (χ3v) is 7.58. The van der Waals surface area contributed by atoms with Crippen molar-refractivity contribution in [1.82, 2.24) is 14.4 Å². The minimum absolute atomic E-state index is 0.461. The molecule has 7 rings (SSSR count). The summed E-state index contributed by atoms with van der Waals surface area (Å²) in [7, 11) is 0. The van der Waals surface area contributed by atoms with Crippen LogP contribution in [0.25, 0.3) is 38.6 Å². The van der Waals surface area contributed by atoms with Crippen LogP contribution in [0.1, 0.15) is 11.5 Å². The Morgan fingerprint density at radius 1 is 0.933 bits per heavy atom. The third kappa shape index (κ3) is 2.22. The third-order valence-electron chi connectivity index (χ3n) is 6.24. The van der Waals surface area contributed by atoms with Crippen LogP contribution >= 0.6 is 11.8 Å². The van der Waals surface area contributed by atoms with Gasteiger partial charge in [-0.2, -0.15) is 0 Å². The number of pyridine rings is 2. The molecule has 0 radical (unpaired) electrons. The summed E-state index contributed by atoms with van der Waals surface area (Å²) in [5, 5.41) is 2.91. The topological polar surface area (TPSA) is 30.2 Å². The highest BCUT2D eigenvalue weighted by Gasteiger charge is 2.31. The Kier molecular flexibility index (Phi) is 3.32. The van der Waals surface area contributed by atoms with Crippen LogP contribution in [0.4, 0.5) is 0 Å². The zero-order valence-electron chi connectivity index (χ0n) is 16.1. The summed E-state index contributed by atoms with van der Waals surface area (Å²) in [6.07, 6.45) is 14.9. The molecule has 5 aromatic rings. The lowest BCUT2D eigenvalue weighted by Crippen LogP contribution is -2.06. The van der Waals surface area contributed by atoms with Crippen molar-refractivity contribution in [2.45, 2.75) is 16.1 Å². The number of thioether (sulfide) groups is 1. The van der Waals surface area contributed by atoms with Gasteiger partial charge in [0.1, 0.15) is 5.65 Å². The van der Waals surface area contributed by atoms with Gasteiger partial charge in [0.05, 0.1) is 17.2 Å². The van der Waals surface area contributed by atoms with E-state index in [-0.39, 0.29) is 0 Å². The van der Waals surface area contributed by atoms with Crippen molar-refractivity contribution in [3.05, 3.63) is 97.0 Å². The zero-order chi connectivity index (χ0) is 19.7. The highest BCUT2D eigenvalue weighted by atomic mass is 32.2. The maximum atomic E-state index is 4.89. The minimum atomic E-state index is 0.461. The molecule has 2 aliphatic rings. The first-order chi connectivity index (χ1) is 14.9. The Bertz CT molecular complexity index is 1540. The van der Waals surface area contributed by atoms with Crippen molar-refractivity contribution in [1.29, 1.82) is 0 Å². The van der Waals surface area contributed by atoms with E-state index in [4.69, 9.17) is 4.98 Å². The average molecular weight is 404 g/mol. The van der Waals surface area contributed by atoms with Gasteiger partial charge in [-0.3, -0.25) is 9.38 Å². The second-order valence-corrected chi connectivity index (χ2v) is 9.11. The second-order valence-electron chi connectivity index (χ2n) is 7.89. The molecule has 0 spiro atoms. The SMILES string of the molecule is C1=CC2Sc3ccc(-c4cn5c6cnccc6nc5c5ccccc45)cc3C2C=C1. The zero-order valence-corrected chi connectivity index (χ0v) is 16.9. The highest BCUT2D eigenvalue weighted by Crippen LogP contribution is 2.49. The minimum Gasteiger partial charge on any atom is -0.297 e. The van der Waals surface area contributed by atoms with E-state index in [1.54, 1.807) is 6.20 Å². The Hall–Kier alpha value is -3.37. The largest absolute Gasteiger partial charge is 0.297 e. The maximum absolute atomic E-state index is 4.89. The molecule has 1 aliphatic carbocycles. The van der Waals surface area contributed by atoms with Crippen molar-refractivity contribution < 1.29 is 0 Å². The molecule has 3 nitrogen and oxygen atoms in total. The van der Waals surface area contributed by atoms with Crippen molar-refractivity contribution >= 4 is 39.2 Å². The molecule has 2 atom stereocenters. The molecule has 0 saturated heterocycles. The maximum Gasteiger partial charge on any atom is 0.145 e. The van der Waals surface area contributed by atoms with E-state index in [0.29, 0.717) is 11.2 Å². The van der Waals surface area contributed by atoms with Gasteiger partial charge >= 0.3 is 0 Å². The molecule has 4 heterocycles. The van der Waals surface area contributed by atoms with Gasteiger partial charge in [-0.25, -0.2) is 4.98 Å². The first kappa shape index (κ1) is 16.4. The molecule has 1 aliphatic heterocycles. The molecule has 3 aromatic heterocycles. The van der Waals surface area contributed by atoms with Gasteiger partial charge in [-0.05, 0) is 34.7 Å². The van der Waals surface area contributed by atoms with E-state index in [1.807, 2.05) is 24.0 Å². The quantitative estimate of drug-likeness (QED) is 0.325. The van der Waals surface area contributed by atoms with Crippen LogP contribution in [0.15, 0.2) is 96.3 Å². The van der Waals surface area contributed by atoms with Gasteiger partial charge in [0.15, 0.2) is 0 Å². The van der Waals surface area contributed by atoms with Gasteiger partial charge < -0.3 is 0 Å². The highest BCUT2D eigenvalue weighted by molar-refractivity contribution is 8.00. The lowest BCUT2D eigenvalue weighted by Gasteiger charge is -2.15. The summed E-state index contributed by atoms with van der Waals surface area (Å²) < 4.78 is 2.19. The lowest BCUT2D eigenvalue weighted by atomic mass is 9.90. The summed E-state index contributed by atoms with van der Waals surface area (Å²) in [5.74, 6) is 0.461. The van der Waals surface area contributed by atoms with Gasteiger partial charge in [0, 0.05) is 39.4 Å². The monoisotopic (exact) mass is 403 g/mol. The predicted octanol–water partition coefficient (Wildman–Crippen LogP) is 6.39. The smallest absolute Gasteiger partial charge is 0.145 e. The molecule has 2 aromatic carbocycles. The van der Waals surface area contributed by atoms with E-state index in [9.17, 15) is 0 Å². The Balaban J connectivity index is 1.53. The molecule has 2 unspecified atom stereocenters. The van der Waals surface area contributed by atoms with E-state index >= 15 is 0 Å². The molecule has 0 bridgehead atoms. The van der Waals surface area contributed by atoms with E-state index in [0.717, 1.165) is 16.7 Å².